The number of ether oxygens (including phenoxy) is 1. The van der Waals surface area contributed by atoms with Crippen molar-refractivity contribution in [2.45, 2.75) is 31.9 Å². The molecule has 4 aromatic rings. The minimum atomic E-state index is -5.08. The summed E-state index contributed by atoms with van der Waals surface area (Å²) in [7, 11) is 1.54. The first-order chi connectivity index (χ1) is 22.7. The molecule has 1 saturated heterocycles. The highest BCUT2D eigenvalue weighted by atomic mass is 19.4. The third-order valence-corrected chi connectivity index (χ3v) is 7.78. The van der Waals surface area contributed by atoms with E-state index in [0.717, 1.165) is 23.9 Å². The van der Waals surface area contributed by atoms with E-state index in [9.17, 15) is 33.0 Å². The zero-order valence-electron chi connectivity index (χ0n) is 25.9. The van der Waals surface area contributed by atoms with Crippen molar-refractivity contribution < 1.29 is 47.6 Å². The lowest BCUT2D eigenvalue weighted by Crippen LogP contribution is -2.49. The number of carboxylic acid groups (broad SMARTS) is 1. The van der Waals surface area contributed by atoms with Crippen molar-refractivity contribution in [1.82, 2.24) is 24.6 Å². The number of pyridine rings is 2. The summed E-state index contributed by atoms with van der Waals surface area (Å²) in [6.45, 7) is 1.63. The number of alkyl halides is 3. The number of aliphatic hydroxyl groups excluding tert-OH is 2. The molecule has 1 fully saturated rings. The number of hydrogen-bond donors (Lipinski definition) is 5. The molecule has 48 heavy (non-hydrogen) atoms. The number of halogens is 3. The Kier molecular flexibility index (Phi) is 10.8. The van der Waals surface area contributed by atoms with Gasteiger partial charge in [0.05, 0.1) is 37.1 Å². The van der Waals surface area contributed by atoms with Crippen molar-refractivity contribution in [2.75, 3.05) is 44.5 Å². The summed E-state index contributed by atoms with van der Waals surface area (Å²) >= 11 is 0. The average Bonchev–Trinajstić information content (AvgIpc) is 3.48. The van der Waals surface area contributed by atoms with Crippen molar-refractivity contribution >= 4 is 40.3 Å². The molecule has 3 aromatic heterocycles. The Hall–Kier alpha value is -5.29. The van der Waals surface area contributed by atoms with Gasteiger partial charge in [-0.05, 0) is 56.2 Å². The average molecular weight is 674 g/mol. The molecule has 0 saturated carbocycles. The van der Waals surface area contributed by atoms with E-state index in [1.165, 1.54) is 0 Å². The number of piperidine rings is 1. The zero-order chi connectivity index (χ0) is 35.2. The summed E-state index contributed by atoms with van der Waals surface area (Å²) < 4.78 is 38.6. The highest BCUT2D eigenvalue weighted by Crippen LogP contribution is 2.35. The van der Waals surface area contributed by atoms with E-state index in [1.54, 1.807) is 72.4 Å². The number of rotatable bonds is 8. The first-order valence-electron chi connectivity index (χ1n) is 14.6. The number of nitrogens with zero attached hydrogens (tertiary/aromatic N) is 5. The largest absolute Gasteiger partial charge is 0.497 e. The summed E-state index contributed by atoms with van der Waals surface area (Å²) in [6.07, 6.45) is -0.335. The molecule has 256 valence electrons. The number of carboxylic acids is 1. The van der Waals surface area contributed by atoms with Crippen LogP contribution in [0.4, 0.5) is 24.8 Å². The third-order valence-electron chi connectivity index (χ3n) is 7.78. The Bertz CT molecular complexity index is 1780. The van der Waals surface area contributed by atoms with Gasteiger partial charge in [0.15, 0.2) is 0 Å². The molecule has 14 nitrogen and oxygen atoms in total. The predicted octanol–water partition coefficient (Wildman–Crippen LogP) is 2.99. The fraction of sp³-hybridized carbons (Fsp3) is 0.355. The van der Waals surface area contributed by atoms with Gasteiger partial charge < -0.3 is 36.0 Å². The Morgan fingerprint density at radius 1 is 1.06 bits per heavy atom. The van der Waals surface area contributed by atoms with E-state index in [0.29, 0.717) is 47.2 Å². The van der Waals surface area contributed by atoms with Crippen LogP contribution in [0.25, 0.3) is 16.6 Å². The maximum atomic E-state index is 13.1. The maximum absolute atomic E-state index is 13.1. The number of aliphatic hydroxyl groups is 2. The second kappa shape index (κ2) is 14.6. The predicted molar refractivity (Wildman–Crippen MR) is 167 cm³/mol. The van der Waals surface area contributed by atoms with Crippen LogP contribution < -0.4 is 15.8 Å². The highest BCUT2D eigenvalue weighted by Gasteiger charge is 2.39. The van der Waals surface area contributed by atoms with Gasteiger partial charge in [-0.15, -0.1) is 0 Å². The highest BCUT2D eigenvalue weighted by molar-refractivity contribution is 6.04. The van der Waals surface area contributed by atoms with Gasteiger partial charge in [0.2, 0.25) is 5.91 Å². The van der Waals surface area contributed by atoms with E-state index < -0.39 is 30.8 Å². The minimum Gasteiger partial charge on any atom is -0.497 e. The van der Waals surface area contributed by atoms with Gasteiger partial charge >= 0.3 is 12.1 Å². The molecule has 0 spiro atoms. The topological polar surface area (TPSA) is 206 Å². The smallest absolute Gasteiger partial charge is 0.490 e. The Morgan fingerprint density at radius 2 is 1.71 bits per heavy atom. The number of benzene rings is 1. The number of nitrogens with one attached hydrogen (secondary N) is 1. The molecule has 1 atom stereocenters. The molecule has 0 aliphatic carbocycles. The molecule has 1 unspecified atom stereocenters. The first-order valence-corrected chi connectivity index (χ1v) is 14.6. The Labute approximate surface area is 272 Å². The van der Waals surface area contributed by atoms with E-state index in [4.69, 9.17) is 25.5 Å². The van der Waals surface area contributed by atoms with E-state index in [1.807, 2.05) is 6.07 Å². The number of aromatic nitrogens is 4. The molecular weight excluding hydrogens is 639 g/mol. The summed E-state index contributed by atoms with van der Waals surface area (Å²) in [6, 6.07) is 12.1. The quantitative estimate of drug-likeness (QED) is 0.184. The maximum Gasteiger partial charge on any atom is 0.490 e. The van der Waals surface area contributed by atoms with Crippen LogP contribution in [0.5, 0.6) is 5.75 Å². The number of anilines is 2. The molecule has 17 heteroatoms. The fourth-order valence-electron chi connectivity index (χ4n) is 5.10. The summed E-state index contributed by atoms with van der Waals surface area (Å²) in [5, 5.41) is 35.1. The van der Waals surface area contributed by atoms with Crippen molar-refractivity contribution in [1.29, 1.82) is 0 Å². The van der Waals surface area contributed by atoms with Crippen LogP contribution in [0.15, 0.2) is 54.9 Å². The number of nitrogen functional groups attached to an aromatic ring is 1. The van der Waals surface area contributed by atoms with Crippen molar-refractivity contribution in [3.8, 4) is 11.4 Å². The Balaban J connectivity index is 0.000000671. The van der Waals surface area contributed by atoms with Crippen LogP contribution in [0.2, 0.25) is 0 Å². The van der Waals surface area contributed by atoms with Gasteiger partial charge in [-0.2, -0.15) is 18.3 Å². The molecule has 1 aliphatic heterocycles. The van der Waals surface area contributed by atoms with Crippen molar-refractivity contribution in [3.05, 3.63) is 66.1 Å². The number of carbonyl (C=O) groups excluding carboxylic acids is 2. The number of hydrogen-bond acceptors (Lipinski definition) is 10. The van der Waals surface area contributed by atoms with Crippen molar-refractivity contribution in [2.24, 2.45) is 5.41 Å². The van der Waals surface area contributed by atoms with Crippen LogP contribution in [-0.4, -0.2) is 97.3 Å². The van der Waals surface area contributed by atoms with E-state index >= 15 is 0 Å². The van der Waals surface area contributed by atoms with Crippen LogP contribution in [0, 0.1) is 5.41 Å². The Morgan fingerprint density at radius 3 is 2.31 bits per heavy atom. The molecule has 5 rings (SSSR count). The number of nitrogens with two attached hydrogens (primary N) is 1. The van der Waals surface area contributed by atoms with Gasteiger partial charge in [0.25, 0.3) is 5.91 Å². The normalized spacial score (nSPS) is 15.0. The van der Waals surface area contributed by atoms with E-state index in [-0.39, 0.29) is 17.7 Å². The lowest BCUT2D eigenvalue weighted by atomic mass is 9.87. The van der Waals surface area contributed by atoms with Crippen LogP contribution in [0.1, 0.15) is 41.7 Å². The van der Waals surface area contributed by atoms with Crippen LogP contribution >= 0.6 is 0 Å². The second-order valence-electron chi connectivity index (χ2n) is 11.2. The number of amides is 2. The first kappa shape index (κ1) is 35.6. The van der Waals surface area contributed by atoms with Crippen LogP contribution in [-0.2, 0) is 9.59 Å². The summed E-state index contributed by atoms with van der Waals surface area (Å²) in [4.78, 5) is 45.0. The number of aliphatic carboxylic acids is 1. The fourth-order valence-corrected chi connectivity index (χ4v) is 5.10. The number of methoxy groups -OCH3 is 1. The van der Waals surface area contributed by atoms with Gasteiger partial charge in [-0.3, -0.25) is 9.59 Å². The van der Waals surface area contributed by atoms with E-state index in [2.05, 4.69) is 15.3 Å². The van der Waals surface area contributed by atoms with Crippen molar-refractivity contribution in [3.63, 3.8) is 0 Å². The van der Waals surface area contributed by atoms with Gasteiger partial charge in [0, 0.05) is 48.4 Å². The lowest BCUT2D eigenvalue weighted by Gasteiger charge is -2.37. The zero-order valence-corrected chi connectivity index (χ0v) is 25.9. The third kappa shape index (κ3) is 7.80. The molecule has 0 bridgehead atoms. The number of fused-ring (bicyclic) bond motifs is 1. The molecular formula is C31H34F3N7O7. The van der Waals surface area contributed by atoms with Gasteiger partial charge in [-0.25, -0.2) is 19.4 Å². The minimum absolute atomic E-state index is 0.0831. The molecule has 1 aliphatic rings. The molecule has 0 radical (unpaired) electrons. The summed E-state index contributed by atoms with van der Waals surface area (Å²) in [5.41, 5.74) is 7.62. The van der Waals surface area contributed by atoms with Crippen LogP contribution in [0.3, 0.4) is 0 Å². The lowest BCUT2D eigenvalue weighted by molar-refractivity contribution is -0.192. The standard InChI is InChI=1S/C29H33N7O5.C2HF3O2/c1-29(16-37,17-38)28(40)35-13-3-4-19(15-35)24-22-10-12-32-26(30)25(22)36(34-24)20-7-5-18(6-8-20)27(39)33-23-14-21(41-2)9-11-31-23;3-2(4,5)1(6)7/h5-12,14,19,37-38H,3-4,13,15-17H2,1-2H3,(H2,30,32)(H,31,33,39);(H,6,7). The molecule has 4 heterocycles. The number of carbonyl (C=O) groups is 3. The van der Waals surface area contributed by atoms with Gasteiger partial charge in [-0.1, -0.05) is 0 Å². The molecule has 1 aromatic carbocycles. The van der Waals surface area contributed by atoms with Gasteiger partial charge in [0.1, 0.15) is 22.9 Å². The second-order valence-corrected chi connectivity index (χ2v) is 11.2. The summed E-state index contributed by atoms with van der Waals surface area (Å²) in [5.74, 6) is -2.18. The number of likely N-dealkylation sites (tertiary alicyclic amines) is 1. The SMILES string of the molecule is COc1ccnc(NC(=O)c2ccc(-n3nc(C4CCCN(C(=O)C(C)(CO)CO)C4)c4ccnc(N)c43)cc2)c1.O=C(O)C(F)(F)F. The molecule has 2 amide bonds. The monoisotopic (exact) mass is 673 g/mol. The molecule has 6 N–H and O–H groups in total.